The SMILES string of the molecule is Nc1ncc(-c2c(F)c(F)c(F)c(F)c2F)cc1C(F)(F)F. The minimum atomic E-state index is -5.02. The molecule has 0 fully saturated rings. The van der Waals surface area contributed by atoms with E-state index in [0.717, 1.165) is 0 Å². The predicted molar refractivity (Wildman–Crippen MR) is 58.9 cm³/mol. The van der Waals surface area contributed by atoms with Crippen LogP contribution < -0.4 is 5.73 Å². The van der Waals surface area contributed by atoms with E-state index in [0.29, 0.717) is 6.20 Å². The maximum absolute atomic E-state index is 13.6. The van der Waals surface area contributed by atoms with Gasteiger partial charge in [-0.1, -0.05) is 0 Å². The molecule has 0 atom stereocenters. The van der Waals surface area contributed by atoms with Gasteiger partial charge in [0.05, 0.1) is 11.1 Å². The first-order valence-corrected chi connectivity index (χ1v) is 5.40. The van der Waals surface area contributed by atoms with Gasteiger partial charge in [-0.15, -0.1) is 0 Å². The lowest BCUT2D eigenvalue weighted by Gasteiger charge is -2.12. The number of nitrogens with zero attached hydrogens (tertiary/aromatic N) is 1. The van der Waals surface area contributed by atoms with Gasteiger partial charge in [0.1, 0.15) is 5.82 Å². The van der Waals surface area contributed by atoms with Crippen molar-refractivity contribution in [1.82, 2.24) is 4.98 Å². The van der Waals surface area contributed by atoms with Gasteiger partial charge >= 0.3 is 6.18 Å². The summed E-state index contributed by atoms with van der Waals surface area (Å²) in [5.74, 6) is -12.5. The number of hydrogen-bond acceptors (Lipinski definition) is 2. The van der Waals surface area contributed by atoms with Crippen LogP contribution in [0.5, 0.6) is 0 Å². The smallest absolute Gasteiger partial charge is 0.383 e. The fourth-order valence-electron chi connectivity index (χ4n) is 1.70. The molecule has 10 heteroatoms. The van der Waals surface area contributed by atoms with Gasteiger partial charge in [-0.25, -0.2) is 26.9 Å². The summed E-state index contributed by atoms with van der Waals surface area (Å²) in [5, 5.41) is 0. The molecule has 0 aliphatic rings. The summed E-state index contributed by atoms with van der Waals surface area (Å²) in [7, 11) is 0. The molecule has 22 heavy (non-hydrogen) atoms. The molecule has 1 aromatic heterocycles. The Kier molecular flexibility index (Phi) is 3.71. The molecule has 0 unspecified atom stereocenters. The Morgan fingerprint density at radius 2 is 1.27 bits per heavy atom. The van der Waals surface area contributed by atoms with E-state index in [-0.39, 0.29) is 6.07 Å². The molecule has 0 saturated heterocycles. The number of alkyl halides is 3. The summed E-state index contributed by atoms with van der Waals surface area (Å²) < 4.78 is 104. The summed E-state index contributed by atoms with van der Waals surface area (Å²) in [4.78, 5) is 3.07. The second-order valence-electron chi connectivity index (χ2n) is 4.10. The molecular formula is C12H4F8N2. The Morgan fingerprint density at radius 1 is 0.818 bits per heavy atom. The third-order valence-corrected chi connectivity index (χ3v) is 2.72. The number of aromatic nitrogens is 1. The van der Waals surface area contributed by atoms with Gasteiger partial charge in [0.2, 0.25) is 5.82 Å². The van der Waals surface area contributed by atoms with Crippen LogP contribution >= 0.6 is 0 Å². The number of rotatable bonds is 1. The van der Waals surface area contributed by atoms with E-state index < -0.39 is 57.8 Å². The topological polar surface area (TPSA) is 38.9 Å². The molecule has 0 aliphatic carbocycles. The molecule has 0 bridgehead atoms. The average Bonchev–Trinajstić information content (AvgIpc) is 2.43. The van der Waals surface area contributed by atoms with Gasteiger partial charge in [0.25, 0.3) is 0 Å². The van der Waals surface area contributed by atoms with Gasteiger partial charge in [-0.3, -0.25) is 0 Å². The molecule has 1 heterocycles. The highest BCUT2D eigenvalue weighted by molar-refractivity contribution is 5.67. The summed E-state index contributed by atoms with van der Waals surface area (Å²) in [6.07, 6.45) is -4.54. The van der Waals surface area contributed by atoms with E-state index in [2.05, 4.69) is 4.98 Å². The Hall–Kier alpha value is -2.39. The molecule has 0 spiro atoms. The van der Waals surface area contributed by atoms with Crippen LogP contribution in [0.4, 0.5) is 40.9 Å². The van der Waals surface area contributed by atoms with Crippen LogP contribution in [0, 0.1) is 29.1 Å². The molecular weight excluding hydrogens is 324 g/mol. The second-order valence-corrected chi connectivity index (χ2v) is 4.10. The number of hydrogen-bond donors (Lipinski definition) is 1. The maximum atomic E-state index is 13.6. The molecule has 2 nitrogen and oxygen atoms in total. The van der Waals surface area contributed by atoms with Crippen LogP contribution in [0.15, 0.2) is 12.3 Å². The van der Waals surface area contributed by atoms with Crippen LogP contribution in [0.25, 0.3) is 11.1 Å². The molecule has 0 aliphatic heterocycles. The Balaban J connectivity index is 2.79. The zero-order valence-electron chi connectivity index (χ0n) is 10.2. The lowest BCUT2D eigenvalue weighted by Crippen LogP contribution is -2.11. The van der Waals surface area contributed by atoms with Crippen molar-refractivity contribution in [2.24, 2.45) is 0 Å². The van der Waals surface area contributed by atoms with Crippen molar-refractivity contribution in [1.29, 1.82) is 0 Å². The summed E-state index contributed by atoms with van der Waals surface area (Å²) >= 11 is 0. The number of pyridine rings is 1. The van der Waals surface area contributed by atoms with Crippen molar-refractivity contribution >= 4 is 5.82 Å². The van der Waals surface area contributed by atoms with Gasteiger partial charge in [0.15, 0.2) is 23.3 Å². The van der Waals surface area contributed by atoms with Crippen molar-refractivity contribution in [3.05, 3.63) is 46.9 Å². The standard InChI is InChI=1S/C12H4F8N2/c13-6-5(7(14)9(16)10(17)8(6)15)3-1-4(12(18,19)20)11(21)22-2-3/h1-2H,(H2,21,22). The van der Waals surface area contributed by atoms with Crippen LogP contribution in [-0.2, 0) is 6.18 Å². The number of nitrogen functional groups attached to an aromatic ring is 1. The number of halogens is 8. The lowest BCUT2D eigenvalue weighted by atomic mass is 10.0. The van der Waals surface area contributed by atoms with E-state index in [1.165, 1.54) is 0 Å². The first-order chi connectivity index (χ1) is 10.1. The Labute approximate surface area is 117 Å². The first-order valence-electron chi connectivity index (χ1n) is 5.40. The zero-order valence-corrected chi connectivity index (χ0v) is 10.2. The number of nitrogens with two attached hydrogens (primary N) is 1. The highest BCUT2D eigenvalue weighted by Crippen LogP contribution is 2.37. The van der Waals surface area contributed by atoms with Crippen molar-refractivity contribution in [3.63, 3.8) is 0 Å². The molecule has 0 radical (unpaired) electrons. The quantitative estimate of drug-likeness (QED) is 0.487. The fraction of sp³-hybridized carbons (Fsp3) is 0.0833. The van der Waals surface area contributed by atoms with Crippen molar-refractivity contribution in [2.75, 3.05) is 5.73 Å². The predicted octanol–water partition coefficient (Wildman–Crippen LogP) is 4.05. The molecule has 2 N–H and O–H groups in total. The molecule has 118 valence electrons. The molecule has 0 saturated carbocycles. The van der Waals surface area contributed by atoms with Gasteiger partial charge in [-0.2, -0.15) is 13.2 Å². The third-order valence-electron chi connectivity index (χ3n) is 2.72. The fourth-order valence-corrected chi connectivity index (χ4v) is 1.70. The summed E-state index contributed by atoms with van der Waals surface area (Å²) in [6, 6.07) is 0.153. The van der Waals surface area contributed by atoms with Crippen molar-refractivity contribution in [3.8, 4) is 11.1 Å². The molecule has 1 aromatic carbocycles. The van der Waals surface area contributed by atoms with E-state index in [1.54, 1.807) is 0 Å². The van der Waals surface area contributed by atoms with Crippen LogP contribution in [0.3, 0.4) is 0 Å². The maximum Gasteiger partial charge on any atom is 0.419 e. The third kappa shape index (κ3) is 2.44. The zero-order chi connectivity index (χ0) is 16.8. The Bertz CT molecular complexity index is 725. The Morgan fingerprint density at radius 3 is 1.73 bits per heavy atom. The van der Waals surface area contributed by atoms with E-state index >= 15 is 0 Å². The minimum absolute atomic E-state index is 0.153. The molecule has 2 rings (SSSR count). The van der Waals surface area contributed by atoms with Crippen LogP contribution in [0.2, 0.25) is 0 Å². The molecule has 2 aromatic rings. The summed E-state index contributed by atoms with van der Waals surface area (Å²) in [5.41, 5.74) is 0.957. The molecule has 0 amide bonds. The van der Waals surface area contributed by atoms with Crippen LogP contribution in [-0.4, -0.2) is 4.98 Å². The van der Waals surface area contributed by atoms with Gasteiger partial charge in [0, 0.05) is 11.8 Å². The number of anilines is 1. The summed E-state index contributed by atoms with van der Waals surface area (Å²) in [6.45, 7) is 0. The highest BCUT2D eigenvalue weighted by Gasteiger charge is 2.35. The normalized spacial score (nSPS) is 11.8. The lowest BCUT2D eigenvalue weighted by molar-refractivity contribution is -0.137. The van der Waals surface area contributed by atoms with Crippen LogP contribution in [0.1, 0.15) is 5.56 Å². The highest BCUT2D eigenvalue weighted by atomic mass is 19.4. The van der Waals surface area contributed by atoms with Gasteiger partial charge in [-0.05, 0) is 6.07 Å². The minimum Gasteiger partial charge on any atom is -0.383 e. The second kappa shape index (κ2) is 5.11. The van der Waals surface area contributed by atoms with E-state index in [1.807, 2.05) is 0 Å². The van der Waals surface area contributed by atoms with Gasteiger partial charge < -0.3 is 5.73 Å². The van der Waals surface area contributed by atoms with E-state index in [9.17, 15) is 35.1 Å². The largest absolute Gasteiger partial charge is 0.419 e. The van der Waals surface area contributed by atoms with E-state index in [4.69, 9.17) is 5.73 Å². The van der Waals surface area contributed by atoms with Crippen molar-refractivity contribution in [2.45, 2.75) is 6.18 Å². The monoisotopic (exact) mass is 328 g/mol. The van der Waals surface area contributed by atoms with Crippen molar-refractivity contribution < 1.29 is 35.1 Å². The number of benzene rings is 1. The average molecular weight is 328 g/mol. The first kappa shape index (κ1) is 16.0.